The summed E-state index contributed by atoms with van der Waals surface area (Å²) in [6.07, 6.45) is 9.45. The van der Waals surface area contributed by atoms with Crippen molar-refractivity contribution in [2.45, 2.75) is 26.7 Å². The van der Waals surface area contributed by atoms with Gasteiger partial charge >= 0.3 is 0 Å². The van der Waals surface area contributed by atoms with Crippen molar-refractivity contribution in [3.8, 4) is 0 Å². The second-order valence-electron chi connectivity index (χ2n) is 5.87. The lowest BCUT2D eigenvalue weighted by Gasteiger charge is -2.42. The summed E-state index contributed by atoms with van der Waals surface area (Å²) in [6, 6.07) is 0. The lowest BCUT2D eigenvalue weighted by atomic mass is 9.59. The normalized spacial score (nSPS) is 38.8. The van der Waals surface area contributed by atoms with Gasteiger partial charge < -0.3 is 0 Å². The third-order valence-corrected chi connectivity index (χ3v) is 4.62. The lowest BCUT2D eigenvalue weighted by molar-refractivity contribution is -0.131. The Bertz CT molecular complexity index is 507. The van der Waals surface area contributed by atoms with E-state index in [-0.39, 0.29) is 35.2 Å². The predicted octanol–water partition coefficient (Wildman–Crippen LogP) is 2.86. The molecule has 0 fully saturated rings. The highest BCUT2D eigenvalue weighted by Crippen LogP contribution is 2.46. The average Bonchev–Trinajstić information content (AvgIpc) is 2.29. The highest BCUT2D eigenvalue weighted by Gasteiger charge is 2.46. The van der Waals surface area contributed by atoms with Crippen LogP contribution in [0.25, 0.3) is 0 Å². The van der Waals surface area contributed by atoms with Gasteiger partial charge in [0.05, 0.1) is 0 Å². The molecule has 0 N–H and O–H groups in total. The molecular formula is C16H18O2. The number of rotatable bonds is 0. The summed E-state index contributed by atoms with van der Waals surface area (Å²) < 4.78 is 0. The summed E-state index contributed by atoms with van der Waals surface area (Å²) in [7, 11) is 0. The SMILES string of the molecule is CC1=CC(=O)[C@H]2C(C=C(C)[C@H]3CC=CC(=O)C23)C1. The van der Waals surface area contributed by atoms with Gasteiger partial charge in [-0.05, 0) is 50.7 Å². The molecule has 0 aromatic rings. The molecule has 0 saturated carbocycles. The third kappa shape index (κ3) is 1.63. The van der Waals surface area contributed by atoms with Gasteiger partial charge in [0, 0.05) is 11.8 Å². The largest absolute Gasteiger partial charge is 0.295 e. The van der Waals surface area contributed by atoms with Gasteiger partial charge in [0.25, 0.3) is 0 Å². The van der Waals surface area contributed by atoms with E-state index >= 15 is 0 Å². The van der Waals surface area contributed by atoms with Crippen molar-refractivity contribution in [1.82, 2.24) is 0 Å². The molecule has 94 valence electrons. The van der Waals surface area contributed by atoms with Gasteiger partial charge in [0.15, 0.2) is 11.6 Å². The van der Waals surface area contributed by atoms with Crippen LogP contribution in [0.1, 0.15) is 26.7 Å². The highest BCUT2D eigenvalue weighted by atomic mass is 16.1. The molecule has 0 aliphatic heterocycles. The molecule has 3 rings (SSSR count). The number of ketones is 2. The molecule has 0 saturated heterocycles. The molecule has 3 aliphatic carbocycles. The zero-order chi connectivity index (χ0) is 12.9. The summed E-state index contributed by atoms with van der Waals surface area (Å²) in [6.45, 7) is 4.12. The number of carbonyl (C=O) groups excluding carboxylic acids is 2. The van der Waals surface area contributed by atoms with E-state index < -0.39 is 0 Å². The number of carbonyl (C=O) groups is 2. The van der Waals surface area contributed by atoms with Gasteiger partial charge in [-0.3, -0.25) is 9.59 Å². The Balaban J connectivity index is 2.07. The van der Waals surface area contributed by atoms with E-state index in [4.69, 9.17) is 0 Å². The Hall–Kier alpha value is -1.44. The van der Waals surface area contributed by atoms with Crippen LogP contribution in [0.15, 0.2) is 35.5 Å². The van der Waals surface area contributed by atoms with Crippen LogP contribution in [-0.4, -0.2) is 11.6 Å². The molecule has 0 radical (unpaired) electrons. The van der Waals surface area contributed by atoms with Crippen LogP contribution in [0.5, 0.6) is 0 Å². The van der Waals surface area contributed by atoms with E-state index in [1.807, 2.05) is 13.0 Å². The van der Waals surface area contributed by atoms with E-state index in [0.717, 1.165) is 18.4 Å². The molecule has 0 aromatic carbocycles. The minimum Gasteiger partial charge on any atom is -0.295 e. The van der Waals surface area contributed by atoms with Crippen molar-refractivity contribution < 1.29 is 9.59 Å². The van der Waals surface area contributed by atoms with E-state index in [1.165, 1.54) is 5.57 Å². The Morgan fingerprint density at radius 2 is 1.89 bits per heavy atom. The van der Waals surface area contributed by atoms with E-state index in [9.17, 15) is 9.59 Å². The van der Waals surface area contributed by atoms with E-state index in [2.05, 4.69) is 13.0 Å². The number of fused-ring (bicyclic) bond motifs is 3. The Labute approximate surface area is 107 Å². The zero-order valence-electron chi connectivity index (χ0n) is 10.8. The Morgan fingerprint density at radius 1 is 1.11 bits per heavy atom. The Morgan fingerprint density at radius 3 is 2.67 bits per heavy atom. The Kier molecular flexibility index (Phi) is 2.61. The summed E-state index contributed by atoms with van der Waals surface area (Å²) in [5.41, 5.74) is 2.43. The maximum Gasteiger partial charge on any atom is 0.160 e. The van der Waals surface area contributed by atoms with E-state index in [0.29, 0.717) is 0 Å². The molecular weight excluding hydrogens is 224 g/mol. The number of allylic oxidation sites excluding steroid dienone is 6. The van der Waals surface area contributed by atoms with E-state index in [1.54, 1.807) is 12.2 Å². The lowest BCUT2D eigenvalue weighted by Crippen LogP contribution is -2.44. The van der Waals surface area contributed by atoms with Crippen LogP contribution in [-0.2, 0) is 9.59 Å². The zero-order valence-corrected chi connectivity index (χ0v) is 10.8. The first kappa shape index (κ1) is 11.6. The molecule has 0 spiro atoms. The molecule has 0 heterocycles. The monoisotopic (exact) mass is 242 g/mol. The van der Waals surface area contributed by atoms with Gasteiger partial charge in [0.1, 0.15) is 0 Å². The van der Waals surface area contributed by atoms with Gasteiger partial charge in [-0.15, -0.1) is 0 Å². The maximum atomic E-state index is 12.3. The number of hydrogen-bond donors (Lipinski definition) is 0. The van der Waals surface area contributed by atoms with Crippen LogP contribution in [0.2, 0.25) is 0 Å². The molecule has 2 unspecified atom stereocenters. The van der Waals surface area contributed by atoms with Crippen molar-refractivity contribution in [2.75, 3.05) is 0 Å². The fourth-order valence-electron chi connectivity index (χ4n) is 3.86. The van der Waals surface area contributed by atoms with Crippen LogP contribution in [0.3, 0.4) is 0 Å². The van der Waals surface area contributed by atoms with Gasteiger partial charge in [0.2, 0.25) is 0 Å². The van der Waals surface area contributed by atoms with Crippen LogP contribution in [0, 0.1) is 23.7 Å². The topological polar surface area (TPSA) is 34.1 Å². The fraction of sp³-hybridized carbons (Fsp3) is 0.500. The average molecular weight is 242 g/mol. The molecule has 2 nitrogen and oxygen atoms in total. The summed E-state index contributed by atoms with van der Waals surface area (Å²) in [4.78, 5) is 24.4. The molecule has 18 heavy (non-hydrogen) atoms. The van der Waals surface area contributed by atoms with Crippen molar-refractivity contribution in [3.05, 3.63) is 35.5 Å². The van der Waals surface area contributed by atoms with Crippen molar-refractivity contribution >= 4 is 11.6 Å². The quantitative estimate of drug-likeness (QED) is 0.612. The first-order chi connectivity index (χ1) is 8.58. The summed E-state index contributed by atoms with van der Waals surface area (Å²) in [5.74, 6) is 0.571. The van der Waals surface area contributed by atoms with Gasteiger partial charge in [-0.2, -0.15) is 0 Å². The van der Waals surface area contributed by atoms with Crippen LogP contribution < -0.4 is 0 Å². The molecule has 4 atom stereocenters. The second-order valence-corrected chi connectivity index (χ2v) is 5.87. The predicted molar refractivity (Wildman–Crippen MR) is 69.9 cm³/mol. The van der Waals surface area contributed by atoms with Crippen molar-refractivity contribution in [2.24, 2.45) is 23.7 Å². The second kappa shape index (κ2) is 4.04. The summed E-state index contributed by atoms with van der Waals surface area (Å²) in [5, 5.41) is 0. The van der Waals surface area contributed by atoms with Gasteiger partial charge in [-0.25, -0.2) is 0 Å². The minimum atomic E-state index is -0.111. The standard InChI is InChI=1S/C16H18O2/c1-9-6-11-8-10(2)12-4-3-5-13(17)16(12)15(11)14(18)7-9/h3,5,7-8,11-12,15-16H,4,6H2,1-2H3/t11?,12-,15-,16?/m1/s1. The van der Waals surface area contributed by atoms with Crippen molar-refractivity contribution in [3.63, 3.8) is 0 Å². The number of hydrogen-bond acceptors (Lipinski definition) is 2. The first-order valence-corrected chi connectivity index (χ1v) is 6.67. The molecule has 0 amide bonds. The minimum absolute atomic E-state index is 0.109. The third-order valence-electron chi connectivity index (χ3n) is 4.62. The first-order valence-electron chi connectivity index (χ1n) is 6.67. The van der Waals surface area contributed by atoms with Crippen molar-refractivity contribution in [1.29, 1.82) is 0 Å². The smallest absolute Gasteiger partial charge is 0.160 e. The molecule has 2 heteroatoms. The summed E-state index contributed by atoms with van der Waals surface area (Å²) >= 11 is 0. The highest BCUT2D eigenvalue weighted by molar-refractivity contribution is 6.01. The van der Waals surface area contributed by atoms with Gasteiger partial charge in [-0.1, -0.05) is 23.3 Å². The molecule has 0 bridgehead atoms. The molecule has 0 aromatic heterocycles. The van der Waals surface area contributed by atoms with Crippen LogP contribution >= 0.6 is 0 Å². The van der Waals surface area contributed by atoms with Crippen LogP contribution in [0.4, 0.5) is 0 Å². The maximum absolute atomic E-state index is 12.3. The molecule has 3 aliphatic rings. The fourth-order valence-corrected chi connectivity index (χ4v) is 3.86.